The molecule has 1 rings (SSSR count). The highest BCUT2D eigenvalue weighted by molar-refractivity contribution is 5.97. The van der Waals surface area contributed by atoms with Gasteiger partial charge in [0.15, 0.2) is 11.5 Å². The molecule has 1 aromatic carbocycles. The zero-order chi connectivity index (χ0) is 14.3. The van der Waals surface area contributed by atoms with Crippen molar-refractivity contribution >= 4 is 5.91 Å². The molecule has 0 spiro atoms. The van der Waals surface area contributed by atoms with Gasteiger partial charge < -0.3 is 20.8 Å². The van der Waals surface area contributed by atoms with Crippen molar-refractivity contribution < 1.29 is 15.0 Å². The van der Waals surface area contributed by atoms with Crippen LogP contribution in [0.15, 0.2) is 18.2 Å². The topological polar surface area (TPSA) is 81.6 Å². The third-order valence-electron chi connectivity index (χ3n) is 2.70. The normalized spacial score (nSPS) is 10.7. The molecule has 0 saturated heterocycles. The van der Waals surface area contributed by atoms with Gasteiger partial charge in [-0.15, -0.1) is 0 Å². The van der Waals surface area contributed by atoms with Crippen LogP contribution in [0.3, 0.4) is 0 Å². The molecule has 5 nitrogen and oxygen atoms in total. The second-order valence-corrected chi connectivity index (χ2v) is 4.75. The van der Waals surface area contributed by atoms with Crippen molar-refractivity contribution in [1.82, 2.24) is 10.6 Å². The van der Waals surface area contributed by atoms with E-state index < -0.39 is 0 Å². The quantitative estimate of drug-likeness (QED) is 0.446. The summed E-state index contributed by atoms with van der Waals surface area (Å²) in [7, 11) is 0. The van der Waals surface area contributed by atoms with Gasteiger partial charge in [0.25, 0.3) is 5.91 Å². The fourth-order valence-electron chi connectivity index (χ4n) is 1.65. The highest BCUT2D eigenvalue weighted by atomic mass is 16.3. The van der Waals surface area contributed by atoms with Crippen LogP contribution in [0.2, 0.25) is 0 Å². The van der Waals surface area contributed by atoms with Crippen LogP contribution >= 0.6 is 0 Å². The molecule has 0 saturated carbocycles. The van der Waals surface area contributed by atoms with Gasteiger partial charge in [0.05, 0.1) is 5.56 Å². The molecule has 0 bridgehead atoms. The molecular weight excluding hydrogens is 244 g/mol. The van der Waals surface area contributed by atoms with E-state index in [0.29, 0.717) is 12.6 Å². The van der Waals surface area contributed by atoms with Crippen LogP contribution < -0.4 is 10.6 Å². The van der Waals surface area contributed by atoms with Gasteiger partial charge in [-0.1, -0.05) is 19.9 Å². The molecule has 0 heterocycles. The summed E-state index contributed by atoms with van der Waals surface area (Å²) in [5.74, 6) is -1.03. The van der Waals surface area contributed by atoms with Crippen LogP contribution in [-0.4, -0.2) is 35.3 Å². The fraction of sp³-hybridized carbons (Fsp3) is 0.500. The van der Waals surface area contributed by atoms with E-state index in [9.17, 15) is 15.0 Å². The van der Waals surface area contributed by atoms with Crippen LogP contribution in [0.25, 0.3) is 0 Å². The first-order chi connectivity index (χ1) is 9.02. The maximum absolute atomic E-state index is 11.8. The zero-order valence-corrected chi connectivity index (χ0v) is 11.4. The number of benzene rings is 1. The number of aromatic hydroxyl groups is 2. The molecule has 1 amide bonds. The van der Waals surface area contributed by atoms with Gasteiger partial charge in [-0.3, -0.25) is 4.79 Å². The zero-order valence-electron chi connectivity index (χ0n) is 11.4. The number of hydrogen-bond donors (Lipinski definition) is 4. The molecule has 0 unspecified atom stereocenters. The van der Waals surface area contributed by atoms with E-state index in [4.69, 9.17) is 0 Å². The van der Waals surface area contributed by atoms with Crippen molar-refractivity contribution in [1.29, 1.82) is 0 Å². The number of phenols is 2. The summed E-state index contributed by atoms with van der Waals surface area (Å²) in [6.45, 7) is 5.65. The lowest BCUT2D eigenvalue weighted by molar-refractivity contribution is 0.0949. The molecule has 106 valence electrons. The lowest BCUT2D eigenvalue weighted by atomic mass is 10.1. The lowest BCUT2D eigenvalue weighted by Crippen LogP contribution is -2.27. The molecule has 0 aliphatic rings. The summed E-state index contributed by atoms with van der Waals surface area (Å²) >= 11 is 0. The number of rotatable bonds is 7. The van der Waals surface area contributed by atoms with Crippen molar-refractivity contribution in [2.24, 2.45) is 0 Å². The number of carbonyl (C=O) groups is 1. The Hall–Kier alpha value is -1.75. The molecular formula is C14H22N2O3. The van der Waals surface area contributed by atoms with E-state index in [2.05, 4.69) is 24.5 Å². The molecule has 0 fully saturated rings. The van der Waals surface area contributed by atoms with Crippen molar-refractivity contribution in [3.63, 3.8) is 0 Å². The average molecular weight is 266 g/mol. The third-order valence-corrected chi connectivity index (χ3v) is 2.70. The number of para-hydroxylation sites is 1. The molecule has 0 atom stereocenters. The Labute approximate surface area is 113 Å². The Morgan fingerprint density at radius 1 is 1.21 bits per heavy atom. The van der Waals surface area contributed by atoms with E-state index >= 15 is 0 Å². The Balaban J connectivity index is 2.30. The minimum Gasteiger partial charge on any atom is -0.504 e. The fourth-order valence-corrected chi connectivity index (χ4v) is 1.65. The van der Waals surface area contributed by atoms with Gasteiger partial charge in [-0.25, -0.2) is 0 Å². The van der Waals surface area contributed by atoms with Crippen LogP contribution in [0.1, 0.15) is 37.0 Å². The maximum atomic E-state index is 11.8. The van der Waals surface area contributed by atoms with Gasteiger partial charge in [-0.2, -0.15) is 0 Å². The third kappa shape index (κ3) is 5.18. The van der Waals surface area contributed by atoms with E-state index in [-0.39, 0.29) is 23.0 Å². The van der Waals surface area contributed by atoms with Crippen molar-refractivity contribution in [2.75, 3.05) is 13.1 Å². The second-order valence-electron chi connectivity index (χ2n) is 4.75. The van der Waals surface area contributed by atoms with Crippen LogP contribution in [-0.2, 0) is 0 Å². The molecule has 0 aliphatic carbocycles. The Kier molecular flexibility index (Phi) is 6.15. The highest BCUT2D eigenvalue weighted by Crippen LogP contribution is 2.27. The first-order valence-electron chi connectivity index (χ1n) is 6.55. The number of nitrogens with one attached hydrogen (secondary N) is 2. The molecule has 1 aromatic rings. The number of amides is 1. The van der Waals surface area contributed by atoms with E-state index in [1.54, 1.807) is 0 Å². The van der Waals surface area contributed by atoms with Crippen molar-refractivity contribution in [2.45, 2.75) is 32.7 Å². The highest BCUT2D eigenvalue weighted by Gasteiger charge is 2.12. The van der Waals surface area contributed by atoms with E-state index in [0.717, 1.165) is 19.4 Å². The Bertz CT molecular complexity index is 419. The molecule has 19 heavy (non-hydrogen) atoms. The molecule has 0 radical (unpaired) electrons. The van der Waals surface area contributed by atoms with Crippen molar-refractivity contribution in [3.8, 4) is 11.5 Å². The Morgan fingerprint density at radius 3 is 2.58 bits per heavy atom. The van der Waals surface area contributed by atoms with Gasteiger partial charge in [0.1, 0.15) is 0 Å². The summed E-state index contributed by atoms with van der Waals surface area (Å²) in [4.78, 5) is 11.8. The SMILES string of the molecule is CC(C)NCCCCNC(=O)c1cccc(O)c1O. The standard InChI is InChI=1S/C14H22N2O3/c1-10(2)15-8-3-4-9-16-14(19)11-6-5-7-12(17)13(11)18/h5-7,10,15,17-18H,3-4,8-9H2,1-2H3,(H,16,19). The van der Waals surface area contributed by atoms with Crippen LogP contribution in [0.5, 0.6) is 11.5 Å². The van der Waals surface area contributed by atoms with Gasteiger partial charge in [0.2, 0.25) is 0 Å². The molecule has 5 heteroatoms. The minimum atomic E-state index is -0.374. The first-order valence-corrected chi connectivity index (χ1v) is 6.55. The number of hydrogen-bond acceptors (Lipinski definition) is 4. The Morgan fingerprint density at radius 2 is 1.89 bits per heavy atom. The second kappa shape index (κ2) is 7.63. The number of unbranched alkanes of at least 4 members (excludes halogenated alkanes) is 1. The summed E-state index contributed by atoms with van der Waals surface area (Å²) in [6.07, 6.45) is 1.84. The van der Waals surface area contributed by atoms with Gasteiger partial charge >= 0.3 is 0 Å². The van der Waals surface area contributed by atoms with Crippen LogP contribution in [0, 0.1) is 0 Å². The largest absolute Gasteiger partial charge is 0.504 e. The predicted octanol–water partition coefficient (Wildman–Crippen LogP) is 1.61. The summed E-state index contributed by atoms with van der Waals surface area (Å²) < 4.78 is 0. The molecule has 0 aliphatic heterocycles. The molecule has 4 N–H and O–H groups in total. The minimum absolute atomic E-state index is 0.0975. The van der Waals surface area contributed by atoms with Gasteiger partial charge in [0, 0.05) is 12.6 Å². The molecule has 0 aromatic heterocycles. The number of phenolic OH excluding ortho intramolecular Hbond substituents is 2. The van der Waals surface area contributed by atoms with Crippen LogP contribution in [0.4, 0.5) is 0 Å². The predicted molar refractivity (Wildman–Crippen MR) is 74.5 cm³/mol. The summed E-state index contributed by atoms with van der Waals surface area (Å²) in [6, 6.07) is 4.81. The maximum Gasteiger partial charge on any atom is 0.255 e. The average Bonchev–Trinajstić information content (AvgIpc) is 2.36. The number of carbonyl (C=O) groups excluding carboxylic acids is 1. The van der Waals surface area contributed by atoms with E-state index in [1.165, 1.54) is 18.2 Å². The first kappa shape index (κ1) is 15.3. The van der Waals surface area contributed by atoms with Gasteiger partial charge in [-0.05, 0) is 31.5 Å². The summed E-state index contributed by atoms with van der Waals surface area (Å²) in [5, 5.41) is 24.9. The summed E-state index contributed by atoms with van der Waals surface area (Å²) in [5.41, 5.74) is 0.0975. The van der Waals surface area contributed by atoms with Crippen molar-refractivity contribution in [3.05, 3.63) is 23.8 Å². The van der Waals surface area contributed by atoms with E-state index in [1.807, 2.05) is 0 Å². The smallest absolute Gasteiger partial charge is 0.255 e. The lowest BCUT2D eigenvalue weighted by Gasteiger charge is -2.09. The monoisotopic (exact) mass is 266 g/mol.